The fourth-order valence-electron chi connectivity index (χ4n) is 3.83. The molecule has 0 aliphatic heterocycles. The van der Waals surface area contributed by atoms with Crippen LogP contribution in [0.3, 0.4) is 0 Å². The van der Waals surface area contributed by atoms with Crippen molar-refractivity contribution in [3.8, 4) is 0 Å². The van der Waals surface area contributed by atoms with Crippen molar-refractivity contribution in [2.24, 2.45) is 0 Å². The number of fused-ring (bicyclic) bond motifs is 1. The maximum atomic E-state index is 12.8. The number of nitrogens with zero attached hydrogens (tertiary/aromatic N) is 2. The van der Waals surface area contributed by atoms with E-state index in [-0.39, 0.29) is 18.2 Å². The van der Waals surface area contributed by atoms with Crippen LogP contribution in [0.15, 0.2) is 84.9 Å². The van der Waals surface area contributed by atoms with Crippen molar-refractivity contribution in [2.45, 2.75) is 32.2 Å². The highest BCUT2D eigenvalue weighted by molar-refractivity contribution is 5.96. The lowest BCUT2D eigenvalue weighted by Gasteiger charge is -2.09. The first-order valence-corrected chi connectivity index (χ1v) is 11.1. The first kappa shape index (κ1) is 21.5. The van der Waals surface area contributed by atoms with Crippen LogP contribution >= 0.6 is 0 Å². The monoisotopic (exact) mass is 425 g/mol. The van der Waals surface area contributed by atoms with Crippen molar-refractivity contribution >= 4 is 22.7 Å². The quantitative estimate of drug-likeness (QED) is 0.285. The van der Waals surface area contributed by atoms with Crippen molar-refractivity contribution in [1.82, 2.24) is 14.9 Å². The van der Waals surface area contributed by atoms with Gasteiger partial charge in [0, 0.05) is 24.1 Å². The second-order valence-electron chi connectivity index (χ2n) is 7.82. The van der Waals surface area contributed by atoms with E-state index in [4.69, 9.17) is 4.98 Å². The van der Waals surface area contributed by atoms with E-state index >= 15 is 0 Å². The standard InChI is InChI=1S/C27H27N3O2/c31-25(21-12-4-1-5-13-21)20-30-24-17-10-9-16-23(24)29-26(30)18-8-3-11-19-28-27(32)22-14-6-2-7-15-22/h1-2,4-7,9-10,12-17H,3,8,11,18-20H2,(H,28,32). The van der Waals surface area contributed by atoms with Gasteiger partial charge in [-0.25, -0.2) is 4.98 Å². The second kappa shape index (κ2) is 10.5. The number of carbonyl (C=O) groups excluding carboxylic acids is 2. The van der Waals surface area contributed by atoms with Crippen molar-refractivity contribution < 1.29 is 9.59 Å². The maximum absolute atomic E-state index is 12.8. The minimum Gasteiger partial charge on any atom is -0.352 e. The summed E-state index contributed by atoms with van der Waals surface area (Å²) in [7, 11) is 0. The van der Waals surface area contributed by atoms with E-state index in [1.807, 2.05) is 89.5 Å². The number of rotatable bonds is 10. The second-order valence-corrected chi connectivity index (χ2v) is 7.82. The molecule has 3 aromatic carbocycles. The Morgan fingerprint density at radius 3 is 2.16 bits per heavy atom. The molecule has 5 heteroatoms. The molecule has 0 saturated carbocycles. The fraction of sp³-hybridized carbons (Fsp3) is 0.222. The van der Waals surface area contributed by atoms with E-state index in [9.17, 15) is 9.59 Å². The molecule has 1 amide bonds. The Labute approximate surface area is 188 Å². The predicted molar refractivity (Wildman–Crippen MR) is 127 cm³/mol. The summed E-state index contributed by atoms with van der Waals surface area (Å²) in [5.74, 6) is 0.981. The van der Waals surface area contributed by atoms with E-state index in [0.29, 0.717) is 17.7 Å². The average molecular weight is 426 g/mol. The minimum absolute atomic E-state index is 0.0354. The third-order valence-electron chi connectivity index (χ3n) is 5.53. The molecule has 0 aliphatic carbocycles. The highest BCUT2D eigenvalue weighted by Gasteiger charge is 2.14. The summed E-state index contributed by atoms with van der Waals surface area (Å²) in [5.41, 5.74) is 3.30. The van der Waals surface area contributed by atoms with Gasteiger partial charge in [0.2, 0.25) is 0 Å². The Balaban J connectivity index is 1.33. The molecule has 1 heterocycles. The molecule has 0 atom stereocenters. The number of benzene rings is 3. The molecule has 4 rings (SSSR count). The van der Waals surface area contributed by atoms with Gasteiger partial charge in [-0.3, -0.25) is 9.59 Å². The topological polar surface area (TPSA) is 64.0 Å². The minimum atomic E-state index is -0.0354. The first-order valence-electron chi connectivity index (χ1n) is 11.1. The third-order valence-corrected chi connectivity index (χ3v) is 5.53. The zero-order valence-electron chi connectivity index (χ0n) is 18.0. The number of imidazole rings is 1. The normalized spacial score (nSPS) is 10.9. The van der Waals surface area contributed by atoms with Crippen molar-refractivity contribution in [2.75, 3.05) is 6.54 Å². The van der Waals surface area contributed by atoms with E-state index in [2.05, 4.69) is 5.32 Å². The molecule has 1 N–H and O–H groups in total. The summed E-state index contributed by atoms with van der Waals surface area (Å²) < 4.78 is 2.04. The van der Waals surface area contributed by atoms with Crippen LogP contribution in [0.4, 0.5) is 0 Å². The lowest BCUT2D eigenvalue weighted by atomic mass is 10.1. The molecule has 0 bridgehead atoms. The van der Waals surface area contributed by atoms with Crippen LogP contribution in [0.2, 0.25) is 0 Å². The van der Waals surface area contributed by atoms with E-state index in [1.165, 1.54) is 0 Å². The summed E-state index contributed by atoms with van der Waals surface area (Å²) in [6.45, 7) is 0.934. The van der Waals surface area contributed by atoms with Crippen molar-refractivity contribution in [3.05, 3.63) is 102 Å². The maximum Gasteiger partial charge on any atom is 0.251 e. The van der Waals surface area contributed by atoms with Gasteiger partial charge in [0.1, 0.15) is 5.82 Å². The molecule has 4 aromatic rings. The summed E-state index contributed by atoms with van der Waals surface area (Å²) in [6, 6.07) is 26.6. The van der Waals surface area contributed by atoms with Gasteiger partial charge in [0.25, 0.3) is 5.91 Å². The Morgan fingerprint density at radius 1 is 0.750 bits per heavy atom. The first-order chi connectivity index (χ1) is 15.7. The number of carbonyl (C=O) groups is 2. The van der Waals surface area contributed by atoms with Gasteiger partial charge < -0.3 is 9.88 Å². The number of hydrogen-bond donors (Lipinski definition) is 1. The molecule has 1 aromatic heterocycles. The third kappa shape index (κ3) is 5.30. The van der Waals surface area contributed by atoms with Gasteiger partial charge in [-0.2, -0.15) is 0 Å². The van der Waals surface area contributed by atoms with Gasteiger partial charge in [-0.05, 0) is 37.1 Å². The number of aromatic nitrogens is 2. The number of hydrogen-bond acceptors (Lipinski definition) is 3. The Kier molecular flexibility index (Phi) is 7.08. The van der Waals surface area contributed by atoms with Gasteiger partial charge in [0.15, 0.2) is 5.78 Å². The molecular weight excluding hydrogens is 398 g/mol. The van der Waals surface area contributed by atoms with Crippen LogP contribution in [-0.4, -0.2) is 27.8 Å². The SMILES string of the molecule is O=C(Cn1c(CCCCCNC(=O)c2ccccc2)nc2ccccc21)c1ccccc1. The van der Waals surface area contributed by atoms with Crippen molar-refractivity contribution in [3.63, 3.8) is 0 Å². The van der Waals surface area contributed by atoms with Crippen LogP contribution < -0.4 is 5.32 Å². The molecule has 0 unspecified atom stereocenters. The van der Waals surface area contributed by atoms with Crippen LogP contribution in [-0.2, 0) is 13.0 Å². The molecule has 5 nitrogen and oxygen atoms in total. The van der Waals surface area contributed by atoms with Crippen LogP contribution in [0.25, 0.3) is 11.0 Å². The van der Waals surface area contributed by atoms with E-state index in [1.54, 1.807) is 0 Å². The number of amides is 1. The molecule has 32 heavy (non-hydrogen) atoms. The highest BCUT2D eigenvalue weighted by Crippen LogP contribution is 2.19. The average Bonchev–Trinajstić information content (AvgIpc) is 3.19. The molecule has 162 valence electrons. The van der Waals surface area contributed by atoms with Crippen LogP contribution in [0.1, 0.15) is 45.8 Å². The molecule has 0 radical (unpaired) electrons. The number of nitrogens with one attached hydrogen (secondary N) is 1. The summed E-state index contributed by atoms with van der Waals surface area (Å²) in [6.07, 6.45) is 3.63. The smallest absolute Gasteiger partial charge is 0.251 e. The lowest BCUT2D eigenvalue weighted by Crippen LogP contribution is -2.24. The van der Waals surface area contributed by atoms with Gasteiger partial charge in [-0.1, -0.05) is 67.1 Å². The fourth-order valence-corrected chi connectivity index (χ4v) is 3.83. The predicted octanol–water partition coefficient (Wildman–Crippen LogP) is 5.06. The van der Waals surface area contributed by atoms with Crippen LogP contribution in [0, 0.1) is 0 Å². The lowest BCUT2D eigenvalue weighted by molar-refractivity contribution is 0.0950. The molecule has 0 fully saturated rings. The van der Waals surface area contributed by atoms with Gasteiger partial charge in [0.05, 0.1) is 17.6 Å². The summed E-state index contributed by atoms with van der Waals surface area (Å²) in [4.78, 5) is 29.7. The zero-order valence-corrected chi connectivity index (χ0v) is 18.0. The number of para-hydroxylation sites is 2. The van der Waals surface area contributed by atoms with Crippen LogP contribution in [0.5, 0.6) is 0 Å². The van der Waals surface area contributed by atoms with E-state index in [0.717, 1.165) is 42.5 Å². The summed E-state index contributed by atoms with van der Waals surface area (Å²) >= 11 is 0. The number of unbranched alkanes of at least 4 members (excludes halogenated alkanes) is 2. The van der Waals surface area contributed by atoms with E-state index < -0.39 is 0 Å². The highest BCUT2D eigenvalue weighted by atomic mass is 16.1. The van der Waals surface area contributed by atoms with Gasteiger partial charge >= 0.3 is 0 Å². The Morgan fingerprint density at radius 2 is 1.41 bits per heavy atom. The molecule has 0 spiro atoms. The largest absolute Gasteiger partial charge is 0.352 e. The zero-order chi connectivity index (χ0) is 22.2. The Hall–Kier alpha value is -3.73. The molecular formula is C27H27N3O2. The summed E-state index contributed by atoms with van der Waals surface area (Å²) in [5, 5.41) is 2.97. The Bertz CT molecular complexity index is 1180. The number of ketones is 1. The van der Waals surface area contributed by atoms with Gasteiger partial charge in [-0.15, -0.1) is 0 Å². The molecule has 0 saturated heterocycles. The number of aryl methyl sites for hydroxylation is 1. The number of Topliss-reactive ketones (excluding diaryl/α,β-unsaturated/α-hetero) is 1. The van der Waals surface area contributed by atoms with Crippen molar-refractivity contribution in [1.29, 1.82) is 0 Å². The molecule has 0 aliphatic rings.